The maximum absolute atomic E-state index is 14.2. The lowest BCUT2D eigenvalue weighted by Gasteiger charge is -2.22. The van der Waals surface area contributed by atoms with Crippen LogP contribution in [0.2, 0.25) is 0 Å². The van der Waals surface area contributed by atoms with Gasteiger partial charge in [0.05, 0.1) is 24.2 Å². The van der Waals surface area contributed by atoms with E-state index in [9.17, 15) is 9.59 Å². The number of nitrogen functional groups attached to an aromatic ring is 1. The Balaban J connectivity index is 1.70. The molecule has 5 aromatic rings. The van der Waals surface area contributed by atoms with Crippen LogP contribution in [-0.4, -0.2) is 36.9 Å². The number of benzene rings is 2. The fourth-order valence-corrected chi connectivity index (χ4v) is 4.49. The summed E-state index contributed by atoms with van der Waals surface area (Å²) in [5, 5.41) is 8.90. The van der Waals surface area contributed by atoms with Crippen LogP contribution in [0.15, 0.2) is 78.0 Å². The molecular weight excluding hydrogens is 482 g/mol. The Kier molecular flexibility index (Phi) is 6.61. The lowest BCUT2D eigenvalue weighted by molar-refractivity contribution is 0.0526. The summed E-state index contributed by atoms with van der Waals surface area (Å²) < 4.78 is 8.54. The van der Waals surface area contributed by atoms with E-state index < -0.39 is 12.0 Å². The van der Waals surface area contributed by atoms with E-state index in [0.717, 1.165) is 16.5 Å². The molecule has 10 heteroatoms. The molecule has 10 nitrogen and oxygen atoms in total. The van der Waals surface area contributed by atoms with Gasteiger partial charge in [-0.2, -0.15) is 10.1 Å². The molecule has 38 heavy (non-hydrogen) atoms. The van der Waals surface area contributed by atoms with Crippen molar-refractivity contribution in [2.45, 2.75) is 19.9 Å². The SMILES string of the molecule is CCOC(=O)c1cnc(N)nc1NC(C)c1cc2cccc(-c3cnn(C)c3)c2c(=O)n1-c1ccccc1. The highest BCUT2D eigenvalue weighted by molar-refractivity contribution is 5.97. The minimum atomic E-state index is -0.567. The van der Waals surface area contributed by atoms with E-state index in [1.165, 1.54) is 6.20 Å². The molecule has 1 unspecified atom stereocenters. The van der Waals surface area contributed by atoms with Crippen LogP contribution < -0.4 is 16.6 Å². The molecule has 192 valence electrons. The average molecular weight is 510 g/mol. The second-order valence-electron chi connectivity index (χ2n) is 8.79. The number of esters is 1. The summed E-state index contributed by atoms with van der Waals surface area (Å²) in [5.74, 6) is -0.338. The van der Waals surface area contributed by atoms with Gasteiger partial charge in [-0.3, -0.25) is 14.0 Å². The third kappa shape index (κ3) is 4.59. The van der Waals surface area contributed by atoms with Gasteiger partial charge in [0, 0.05) is 36.4 Å². The highest BCUT2D eigenvalue weighted by Crippen LogP contribution is 2.30. The van der Waals surface area contributed by atoms with Gasteiger partial charge in [0.25, 0.3) is 5.56 Å². The van der Waals surface area contributed by atoms with Gasteiger partial charge in [0.1, 0.15) is 11.4 Å². The van der Waals surface area contributed by atoms with E-state index in [1.807, 2.05) is 74.8 Å². The zero-order valence-electron chi connectivity index (χ0n) is 21.3. The number of nitrogens with one attached hydrogen (secondary N) is 1. The first-order chi connectivity index (χ1) is 18.4. The van der Waals surface area contributed by atoms with Crippen LogP contribution in [0.3, 0.4) is 0 Å². The second-order valence-corrected chi connectivity index (χ2v) is 8.79. The topological polar surface area (TPSA) is 130 Å². The van der Waals surface area contributed by atoms with Crippen molar-refractivity contribution in [1.82, 2.24) is 24.3 Å². The molecule has 0 fully saturated rings. The molecular formula is C28H27N7O3. The van der Waals surface area contributed by atoms with E-state index in [0.29, 0.717) is 16.8 Å². The maximum atomic E-state index is 14.2. The summed E-state index contributed by atoms with van der Waals surface area (Å²) in [6.07, 6.45) is 4.96. The molecule has 0 saturated heterocycles. The lowest BCUT2D eigenvalue weighted by atomic mass is 9.99. The number of aromatic nitrogens is 5. The second kappa shape index (κ2) is 10.2. The molecule has 0 radical (unpaired) electrons. The Morgan fingerprint density at radius 3 is 2.63 bits per heavy atom. The van der Waals surface area contributed by atoms with Crippen molar-refractivity contribution < 1.29 is 9.53 Å². The maximum Gasteiger partial charge on any atom is 0.343 e. The van der Waals surface area contributed by atoms with E-state index in [1.54, 1.807) is 22.4 Å². The summed E-state index contributed by atoms with van der Waals surface area (Å²) in [6, 6.07) is 16.7. The number of para-hydroxylation sites is 1. The molecule has 0 aliphatic carbocycles. The van der Waals surface area contributed by atoms with E-state index in [4.69, 9.17) is 10.5 Å². The first-order valence-electron chi connectivity index (χ1n) is 12.2. The van der Waals surface area contributed by atoms with Gasteiger partial charge in [-0.25, -0.2) is 9.78 Å². The van der Waals surface area contributed by atoms with Crippen LogP contribution in [0.5, 0.6) is 0 Å². The highest BCUT2D eigenvalue weighted by atomic mass is 16.5. The predicted molar refractivity (Wildman–Crippen MR) is 146 cm³/mol. The molecule has 0 spiro atoms. The Hall–Kier alpha value is -4.99. The zero-order chi connectivity index (χ0) is 26.8. The van der Waals surface area contributed by atoms with Gasteiger partial charge in [0.15, 0.2) is 0 Å². The summed E-state index contributed by atoms with van der Waals surface area (Å²) in [6.45, 7) is 3.81. The Morgan fingerprint density at radius 1 is 1.13 bits per heavy atom. The zero-order valence-corrected chi connectivity index (χ0v) is 21.3. The highest BCUT2D eigenvalue weighted by Gasteiger charge is 2.22. The number of hydrogen-bond donors (Lipinski definition) is 2. The molecule has 2 aromatic carbocycles. The fourth-order valence-electron chi connectivity index (χ4n) is 4.49. The number of carbonyl (C=O) groups excluding carboxylic acids is 1. The van der Waals surface area contributed by atoms with Crippen molar-refractivity contribution in [2.75, 3.05) is 17.7 Å². The van der Waals surface area contributed by atoms with Gasteiger partial charge in [0.2, 0.25) is 5.95 Å². The number of hydrogen-bond acceptors (Lipinski definition) is 8. The van der Waals surface area contributed by atoms with Crippen LogP contribution in [0.25, 0.3) is 27.6 Å². The first-order valence-corrected chi connectivity index (χ1v) is 12.2. The number of aryl methyl sites for hydroxylation is 1. The monoisotopic (exact) mass is 509 g/mol. The summed E-state index contributed by atoms with van der Waals surface area (Å²) in [7, 11) is 1.84. The van der Waals surface area contributed by atoms with Gasteiger partial charge in [-0.1, -0.05) is 36.4 Å². The number of fused-ring (bicyclic) bond motifs is 1. The molecule has 0 aliphatic heterocycles. The van der Waals surface area contributed by atoms with Crippen LogP contribution in [-0.2, 0) is 11.8 Å². The van der Waals surface area contributed by atoms with E-state index in [2.05, 4.69) is 20.4 Å². The quantitative estimate of drug-likeness (QED) is 0.314. The summed E-state index contributed by atoms with van der Waals surface area (Å²) in [4.78, 5) is 34.9. The fraction of sp³-hybridized carbons (Fsp3) is 0.179. The Morgan fingerprint density at radius 2 is 1.92 bits per heavy atom. The number of ether oxygens (including phenoxy) is 1. The third-order valence-electron chi connectivity index (χ3n) is 6.21. The number of nitrogens with zero attached hydrogens (tertiary/aromatic N) is 5. The Bertz CT molecular complexity index is 1690. The van der Waals surface area contributed by atoms with Crippen molar-refractivity contribution in [1.29, 1.82) is 0 Å². The number of nitrogens with two attached hydrogens (primary N) is 1. The largest absolute Gasteiger partial charge is 0.462 e. The molecule has 0 bridgehead atoms. The normalized spacial score (nSPS) is 11.9. The molecule has 1 atom stereocenters. The van der Waals surface area contributed by atoms with Gasteiger partial charge in [-0.15, -0.1) is 0 Å². The third-order valence-corrected chi connectivity index (χ3v) is 6.21. The standard InChI is InChI=1S/C28H27N7O3/c1-4-38-27(37)22-15-30-28(29)33-25(22)32-17(2)23-13-18-9-8-12-21(19-14-31-34(3)16-19)24(18)26(36)35(23)20-10-6-5-7-11-20/h5-17H,4H2,1-3H3,(H3,29,30,32,33). The van der Waals surface area contributed by atoms with Crippen molar-refractivity contribution in [3.8, 4) is 16.8 Å². The molecule has 0 amide bonds. The van der Waals surface area contributed by atoms with Crippen LogP contribution in [0.1, 0.15) is 35.9 Å². The van der Waals surface area contributed by atoms with Crippen LogP contribution in [0.4, 0.5) is 11.8 Å². The summed E-state index contributed by atoms with van der Waals surface area (Å²) >= 11 is 0. The van der Waals surface area contributed by atoms with Gasteiger partial charge < -0.3 is 15.8 Å². The molecule has 3 aromatic heterocycles. The van der Waals surface area contributed by atoms with Crippen LogP contribution >= 0.6 is 0 Å². The summed E-state index contributed by atoms with van der Waals surface area (Å²) in [5.41, 5.74) is 8.83. The molecule has 3 heterocycles. The van der Waals surface area contributed by atoms with E-state index >= 15 is 0 Å². The molecule has 0 aliphatic rings. The minimum absolute atomic E-state index is 0.00724. The van der Waals surface area contributed by atoms with Crippen molar-refractivity contribution in [3.05, 3.63) is 94.8 Å². The van der Waals surface area contributed by atoms with Crippen molar-refractivity contribution in [3.63, 3.8) is 0 Å². The van der Waals surface area contributed by atoms with Crippen molar-refractivity contribution in [2.24, 2.45) is 7.05 Å². The number of carbonyl (C=O) groups is 1. The first kappa shape index (κ1) is 24.7. The molecule has 3 N–H and O–H groups in total. The average Bonchev–Trinajstić information content (AvgIpc) is 3.35. The predicted octanol–water partition coefficient (Wildman–Crippen LogP) is 4.11. The minimum Gasteiger partial charge on any atom is -0.462 e. The number of rotatable bonds is 7. The molecule has 5 rings (SSSR count). The number of pyridine rings is 1. The van der Waals surface area contributed by atoms with Gasteiger partial charge in [-0.05, 0) is 43.0 Å². The smallest absolute Gasteiger partial charge is 0.343 e. The lowest BCUT2D eigenvalue weighted by Crippen LogP contribution is -2.26. The molecule has 0 saturated carbocycles. The Labute approximate surface area is 218 Å². The van der Waals surface area contributed by atoms with Crippen molar-refractivity contribution >= 4 is 28.5 Å². The van der Waals surface area contributed by atoms with Gasteiger partial charge >= 0.3 is 5.97 Å². The number of anilines is 2. The van der Waals surface area contributed by atoms with Crippen LogP contribution in [0, 0.1) is 0 Å². The van der Waals surface area contributed by atoms with E-state index in [-0.39, 0.29) is 29.5 Å².